The molecule has 1 aliphatic rings. The lowest BCUT2D eigenvalue weighted by Gasteiger charge is -2.25. The minimum atomic E-state index is 0.184. The zero-order valence-corrected chi connectivity index (χ0v) is 13.1. The first kappa shape index (κ1) is 13.5. The highest BCUT2D eigenvalue weighted by Crippen LogP contribution is 2.24. The Morgan fingerprint density at radius 2 is 1.75 bits per heavy atom. The topological polar surface area (TPSA) is 24.4 Å². The summed E-state index contributed by atoms with van der Waals surface area (Å²) in [6.07, 6.45) is 0.839. The summed E-state index contributed by atoms with van der Waals surface area (Å²) in [5.41, 5.74) is 3.40. The highest BCUT2D eigenvalue weighted by Gasteiger charge is 2.21. The zero-order chi connectivity index (χ0) is 13.9. The molecule has 4 heteroatoms. The minimum absolute atomic E-state index is 0.184. The second-order valence-corrected chi connectivity index (χ2v) is 5.98. The quantitative estimate of drug-likeness (QED) is 0.823. The Bertz CT molecular complexity index is 650. The van der Waals surface area contributed by atoms with Gasteiger partial charge in [0.15, 0.2) is 5.11 Å². The number of halogens is 1. The summed E-state index contributed by atoms with van der Waals surface area (Å²) in [6, 6.07) is 18.7. The van der Waals surface area contributed by atoms with Crippen LogP contribution in [0.25, 0.3) is 0 Å². The predicted octanol–water partition coefficient (Wildman–Crippen LogP) is 4.26. The van der Waals surface area contributed by atoms with Crippen molar-refractivity contribution in [3.63, 3.8) is 0 Å². The van der Waals surface area contributed by atoms with Gasteiger partial charge in [0.25, 0.3) is 0 Å². The molecule has 0 saturated carbocycles. The molecule has 1 aliphatic heterocycles. The Balaban J connectivity index is 1.89. The van der Waals surface area contributed by atoms with Gasteiger partial charge in [-0.25, -0.2) is 4.99 Å². The Morgan fingerprint density at radius 1 is 1.05 bits per heavy atom. The number of nitrogens with one attached hydrogen (secondary N) is 1. The molecule has 0 saturated heterocycles. The van der Waals surface area contributed by atoms with E-state index in [9.17, 15) is 0 Å². The SMILES string of the molecule is S=C1N=C(c2ccccc2)C[C@H](c2ccc(Br)cc2)N1. The Morgan fingerprint density at radius 3 is 2.45 bits per heavy atom. The fourth-order valence-electron chi connectivity index (χ4n) is 2.30. The molecule has 0 amide bonds. The predicted molar refractivity (Wildman–Crippen MR) is 90.2 cm³/mol. The van der Waals surface area contributed by atoms with Crippen molar-refractivity contribution in [3.8, 4) is 0 Å². The van der Waals surface area contributed by atoms with Crippen LogP contribution in [0.3, 0.4) is 0 Å². The van der Waals surface area contributed by atoms with Gasteiger partial charge in [-0.1, -0.05) is 58.4 Å². The first-order valence-electron chi connectivity index (χ1n) is 6.41. The third kappa shape index (κ3) is 2.97. The summed E-state index contributed by atoms with van der Waals surface area (Å²) < 4.78 is 1.08. The number of benzene rings is 2. The molecule has 1 atom stereocenters. The number of hydrogen-bond donors (Lipinski definition) is 1. The molecule has 0 fully saturated rings. The van der Waals surface area contributed by atoms with Gasteiger partial charge in [-0.15, -0.1) is 0 Å². The van der Waals surface area contributed by atoms with Gasteiger partial charge < -0.3 is 5.32 Å². The van der Waals surface area contributed by atoms with E-state index in [0.717, 1.165) is 22.2 Å². The normalized spacial score (nSPS) is 18.4. The van der Waals surface area contributed by atoms with Crippen molar-refractivity contribution in [1.82, 2.24) is 5.32 Å². The van der Waals surface area contributed by atoms with Crippen molar-refractivity contribution in [2.24, 2.45) is 4.99 Å². The smallest absolute Gasteiger partial charge is 0.193 e. The van der Waals surface area contributed by atoms with Crippen molar-refractivity contribution in [3.05, 3.63) is 70.2 Å². The van der Waals surface area contributed by atoms with E-state index in [4.69, 9.17) is 12.2 Å². The van der Waals surface area contributed by atoms with Crippen LogP contribution < -0.4 is 5.32 Å². The molecule has 2 aromatic carbocycles. The van der Waals surface area contributed by atoms with E-state index in [1.807, 2.05) is 30.3 Å². The van der Waals surface area contributed by atoms with Crippen LogP contribution in [-0.2, 0) is 0 Å². The highest BCUT2D eigenvalue weighted by molar-refractivity contribution is 9.10. The molecule has 2 aromatic rings. The first-order chi connectivity index (χ1) is 9.72. The van der Waals surface area contributed by atoms with Crippen molar-refractivity contribution in [1.29, 1.82) is 0 Å². The molecule has 3 rings (SSSR count). The minimum Gasteiger partial charge on any atom is -0.354 e. The summed E-state index contributed by atoms with van der Waals surface area (Å²) in [4.78, 5) is 4.47. The first-order valence-corrected chi connectivity index (χ1v) is 7.61. The lowest BCUT2D eigenvalue weighted by atomic mass is 9.96. The van der Waals surface area contributed by atoms with Gasteiger partial charge in [0.05, 0.1) is 11.8 Å². The molecular formula is C16H13BrN2S. The molecule has 2 nitrogen and oxygen atoms in total. The second-order valence-electron chi connectivity index (χ2n) is 4.68. The zero-order valence-electron chi connectivity index (χ0n) is 10.7. The third-order valence-electron chi connectivity index (χ3n) is 3.31. The van der Waals surface area contributed by atoms with Crippen molar-refractivity contribution >= 4 is 39.0 Å². The van der Waals surface area contributed by atoms with E-state index in [1.165, 1.54) is 5.56 Å². The van der Waals surface area contributed by atoms with Gasteiger partial charge >= 0.3 is 0 Å². The van der Waals surface area contributed by atoms with Crippen molar-refractivity contribution < 1.29 is 0 Å². The van der Waals surface area contributed by atoms with Crippen LogP contribution in [0.5, 0.6) is 0 Å². The van der Waals surface area contributed by atoms with E-state index in [0.29, 0.717) is 5.11 Å². The molecule has 0 unspecified atom stereocenters. The molecule has 0 aromatic heterocycles. The molecular weight excluding hydrogens is 332 g/mol. The molecule has 100 valence electrons. The molecule has 0 radical (unpaired) electrons. The Kier molecular flexibility index (Phi) is 3.94. The van der Waals surface area contributed by atoms with Gasteiger partial charge in [-0.05, 0) is 35.5 Å². The molecule has 1 heterocycles. The summed E-state index contributed by atoms with van der Waals surface area (Å²) in [7, 11) is 0. The maximum atomic E-state index is 5.28. The molecule has 0 spiro atoms. The third-order valence-corrected chi connectivity index (χ3v) is 4.05. The Labute approximate surface area is 132 Å². The van der Waals surface area contributed by atoms with Crippen LogP contribution >= 0.6 is 28.1 Å². The highest BCUT2D eigenvalue weighted by atomic mass is 79.9. The second kappa shape index (κ2) is 5.85. The summed E-state index contributed by atoms with van der Waals surface area (Å²) in [6.45, 7) is 0. The lowest BCUT2D eigenvalue weighted by Crippen LogP contribution is -2.33. The van der Waals surface area contributed by atoms with E-state index in [-0.39, 0.29) is 6.04 Å². The van der Waals surface area contributed by atoms with Crippen LogP contribution in [0.15, 0.2) is 64.1 Å². The van der Waals surface area contributed by atoms with Crippen LogP contribution in [0.2, 0.25) is 0 Å². The number of thiocarbonyl (C=S) groups is 1. The van der Waals surface area contributed by atoms with Gasteiger partial charge in [0.2, 0.25) is 0 Å². The molecule has 1 N–H and O–H groups in total. The van der Waals surface area contributed by atoms with Crippen LogP contribution in [0, 0.1) is 0 Å². The lowest BCUT2D eigenvalue weighted by molar-refractivity contribution is 0.664. The van der Waals surface area contributed by atoms with E-state index in [2.05, 4.69) is 50.5 Å². The monoisotopic (exact) mass is 344 g/mol. The molecule has 0 aliphatic carbocycles. The summed E-state index contributed by atoms with van der Waals surface area (Å²) >= 11 is 8.74. The summed E-state index contributed by atoms with van der Waals surface area (Å²) in [5.74, 6) is 0. The van der Waals surface area contributed by atoms with Gasteiger partial charge in [-0.2, -0.15) is 0 Å². The number of rotatable bonds is 2. The van der Waals surface area contributed by atoms with Crippen LogP contribution in [0.4, 0.5) is 0 Å². The Hall–Kier alpha value is -1.52. The van der Waals surface area contributed by atoms with E-state index < -0.39 is 0 Å². The maximum Gasteiger partial charge on any atom is 0.193 e. The van der Waals surface area contributed by atoms with E-state index >= 15 is 0 Å². The average Bonchev–Trinajstić information content (AvgIpc) is 2.48. The fourth-order valence-corrected chi connectivity index (χ4v) is 2.82. The maximum absolute atomic E-state index is 5.28. The number of hydrogen-bond acceptors (Lipinski definition) is 1. The standard InChI is InChI=1S/C16H13BrN2S/c17-13-8-6-12(7-9-13)15-10-14(18-16(20)19-15)11-4-2-1-3-5-11/h1-9,15H,10H2,(H,19,20)/t15-/m1/s1. The van der Waals surface area contributed by atoms with E-state index in [1.54, 1.807) is 0 Å². The van der Waals surface area contributed by atoms with Crippen LogP contribution in [0.1, 0.15) is 23.6 Å². The largest absolute Gasteiger partial charge is 0.354 e. The molecule has 20 heavy (non-hydrogen) atoms. The summed E-state index contributed by atoms with van der Waals surface area (Å²) in [5, 5.41) is 3.84. The van der Waals surface area contributed by atoms with Gasteiger partial charge in [-0.3, -0.25) is 0 Å². The van der Waals surface area contributed by atoms with Crippen molar-refractivity contribution in [2.45, 2.75) is 12.5 Å². The average molecular weight is 345 g/mol. The van der Waals surface area contributed by atoms with Gasteiger partial charge in [0.1, 0.15) is 0 Å². The fraction of sp³-hybridized carbons (Fsp3) is 0.125. The van der Waals surface area contributed by atoms with Crippen molar-refractivity contribution in [2.75, 3.05) is 0 Å². The number of nitrogens with zero attached hydrogens (tertiary/aromatic N) is 1. The molecule has 0 bridgehead atoms. The van der Waals surface area contributed by atoms with Gasteiger partial charge in [0, 0.05) is 10.9 Å². The van der Waals surface area contributed by atoms with Crippen LogP contribution in [-0.4, -0.2) is 10.8 Å². The number of aliphatic imine (C=N–C) groups is 1.